The van der Waals surface area contributed by atoms with Crippen LogP contribution >= 0.6 is 11.6 Å². The van der Waals surface area contributed by atoms with Crippen LogP contribution in [0.5, 0.6) is 0 Å². The minimum Gasteiger partial charge on any atom is -0.315 e. The summed E-state index contributed by atoms with van der Waals surface area (Å²) in [5.74, 6) is 0. The van der Waals surface area contributed by atoms with Crippen LogP contribution in [0.15, 0.2) is 6.20 Å². The molecule has 0 fully saturated rings. The molecule has 0 atom stereocenters. The van der Waals surface area contributed by atoms with Gasteiger partial charge < -0.3 is 4.98 Å². The van der Waals surface area contributed by atoms with Crippen LogP contribution < -0.4 is 0 Å². The summed E-state index contributed by atoms with van der Waals surface area (Å²) in [5.41, 5.74) is 0. The summed E-state index contributed by atoms with van der Waals surface area (Å²) in [6.45, 7) is 0. The fourth-order valence-electron chi connectivity index (χ4n) is 0.366. The summed E-state index contributed by atoms with van der Waals surface area (Å²) in [6.07, 6.45) is 1.21. The molecule has 1 N–H and O–H groups in total. The van der Waals surface area contributed by atoms with Gasteiger partial charge in [0.2, 0.25) is 0 Å². The summed E-state index contributed by atoms with van der Waals surface area (Å²) < 4.78 is 20.1. The standard InChI is InChI=1S/C3H2ClN3O2S/c4-2-1-5-7-3(6-2)10(8)9/h1,6H. The number of nitrogens with zero attached hydrogens (tertiary/aromatic N) is 2. The first kappa shape index (κ1) is 7.23. The van der Waals surface area contributed by atoms with Crippen LogP contribution in [0, 0.1) is 4.77 Å². The summed E-state index contributed by atoms with van der Waals surface area (Å²) >= 11 is 5.36. The van der Waals surface area contributed by atoms with Crippen molar-refractivity contribution < 1.29 is 8.42 Å². The lowest BCUT2D eigenvalue weighted by Gasteiger charge is -1.82. The molecule has 0 aliphatic carbocycles. The molecular formula is C3H2ClN3O2S. The third kappa shape index (κ3) is 1.55. The normalized spacial score (nSPS) is 9.30. The maximum Gasteiger partial charge on any atom is 0.274 e. The van der Waals surface area contributed by atoms with Crippen LogP contribution in [0.3, 0.4) is 0 Å². The molecule has 0 saturated carbocycles. The molecule has 1 heterocycles. The van der Waals surface area contributed by atoms with E-state index in [1.54, 1.807) is 0 Å². The minimum atomic E-state index is -2.40. The zero-order chi connectivity index (χ0) is 7.56. The Morgan fingerprint density at radius 2 is 2.30 bits per heavy atom. The second-order valence-corrected chi connectivity index (χ2v) is 2.62. The minimum absolute atomic E-state index is 0.134. The number of hydrogen-bond donors (Lipinski definition) is 1. The third-order valence-electron chi connectivity index (χ3n) is 0.704. The van der Waals surface area contributed by atoms with Crippen LogP contribution in [0.2, 0.25) is 5.15 Å². The van der Waals surface area contributed by atoms with Gasteiger partial charge in [0.25, 0.3) is 15.1 Å². The molecule has 0 saturated heterocycles. The highest BCUT2D eigenvalue weighted by molar-refractivity contribution is 7.63. The third-order valence-corrected chi connectivity index (χ3v) is 1.40. The van der Waals surface area contributed by atoms with Gasteiger partial charge in [0.05, 0.1) is 6.20 Å². The predicted octanol–water partition coefficient (Wildman–Crippen LogP) is -0.131. The van der Waals surface area contributed by atoms with Gasteiger partial charge in [-0.1, -0.05) is 11.6 Å². The molecule has 0 aliphatic rings. The zero-order valence-electron chi connectivity index (χ0n) is 4.57. The van der Waals surface area contributed by atoms with Crippen molar-refractivity contribution in [2.45, 2.75) is 0 Å². The Hall–Kier alpha value is -0.880. The van der Waals surface area contributed by atoms with E-state index < -0.39 is 10.3 Å². The van der Waals surface area contributed by atoms with Gasteiger partial charge in [-0.3, -0.25) is 0 Å². The topological polar surface area (TPSA) is 75.7 Å². The molecule has 0 radical (unpaired) electrons. The van der Waals surface area contributed by atoms with Crippen molar-refractivity contribution in [3.63, 3.8) is 0 Å². The summed E-state index contributed by atoms with van der Waals surface area (Å²) in [6, 6.07) is 0. The molecule has 0 bridgehead atoms. The van der Waals surface area contributed by atoms with Crippen molar-refractivity contribution in [2.24, 2.45) is 0 Å². The molecule has 1 rings (SSSR count). The fraction of sp³-hybridized carbons (Fsp3) is 0. The van der Waals surface area contributed by atoms with Crippen molar-refractivity contribution in [2.75, 3.05) is 0 Å². The van der Waals surface area contributed by atoms with E-state index in [1.165, 1.54) is 6.20 Å². The van der Waals surface area contributed by atoms with Crippen LogP contribution in [0.4, 0.5) is 0 Å². The molecule has 10 heavy (non-hydrogen) atoms. The molecular weight excluding hydrogens is 178 g/mol. The molecule has 0 amide bonds. The second-order valence-electron chi connectivity index (χ2n) is 1.36. The van der Waals surface area contributed by atoms with E-state index in [9.17, 15) is 8.42 Å². The largest absolute Gasteiger partial charge is 0.315 e. The Morgan fingerprint density at radius 3 is 2.70 bits per heavy atom. The smallest absolute Gasteiger partial charge is 0.274 e. The first-order valence-corrected chi connectivity index (χ1v) is 3.65. The van der Waals surface area contributed by atoms with E-state index >= 15 is 0 Å². The van der Waals surface area contributed by atoms with Gasteiger partial charge in [-0.2, -0.15) is 13.5 Å². The predicted molar refractivity (Wildman–Crippen MR) is 33.6 cm³/mol. The number of aromatic nitrogens is 3. The Balaban J connectivity index is 3.65. The van der Waals surface area contributed by atoms with Gasteiger partial charge >= 0.3 is 0 Å². The first-order valence-electron chi connectivity index (χ1n) is 2.20. The lowest BCUT2D eigenvalue weighted by Crippen LogP contribution is -1.87. The zero-order valence-corrected chi connectivity index (χ0v) is 6.15. The van der Waals surface area contributed by atoms with Crippen LogP contribution in [0.1, 0.15) is 0 Å². The SMILES string of the molecule is O=S(=O)=c1nncc(Cl)[nH]1. The highest BCUT2D eigenvalue weighted by Crippen LogP contribution is 1.95. The molecule has 1 aromatic heterocycles. The Labute approximate surface area is 62.2 Å². The monoisotopic (exact) mass is 179 g/mol. The van der Waals surface area contributed by atoms with Gasteiger partial charge in [0.15, 0.2) is 0 Å². The van der Waals surface area contributed by atoms with Crippen molar-refractivity contribution in [3.05, 3.63) is 16.1 Å². The number of hydrogen-bond acceptors (Lipinski definition) is 4. The Bertz CT molecular complexity index is 386. The van der Waals surface area contributed by atoms with Crippen LogP contribution in [0.25, 0.3) is 0 Å². The van der Waals surface area contributed by atoms with E-state index in [4.69, 9.17) is 11.6 Å². The molecule has 1 aromatic rings. The van der Waals surface area contributed by atoms with Crippen LogP contribution in [-0.4, -0.2) is 23.6 Å². The van der Waals surface area contributed by atoms with Crippen molar-refractivity contribution in [1.29, 1.82) is 0 Å². The number of nitrogens with one attached hydrogen (secondary N) is 1. The fourth-order valence-corrected chi connectivity index (χ4v) is 0.863. The van der Waals surface area contributed by atoms with Gasteiger partial charge in [0, 0.05) is 0 Å². The summed E-state index contributed by atoms with van der Waals surface area (Å²) in [4.78, 5) is 2.29. The summed E-state index contributed by atoms with van der Waals surface area (Å²) in [5, 5.41) is 6.67. The highest BCUT2D eigenvalue weighted by Gasteiger charge is 1.86. The van der Waals surface area contributed by atoms with Gasteiger partial charge in [-0.05, 0) is 0 Å². The molecule has 0 aromatic carbocycles. The lowest BCUT2D eigenvalue weighted by molar-refractivity contribution is 0.622. The first-order chi connectivity index (χ1) is 4.70. The molecule has 0 unspecified atom stereocenters. The van der Waals surface area contributed by atoms with Crippen molar-refractivity contribution in [3.8, 4) is 0 Å². The average molecular weight is 180 g/mol. The van der Waals surface area contributed by atoms with E-state index in [0.29, 0.717) is 0 Å². The van der Waals surface area contributed by atoms with E-state index in [0.717, 1.165) is 0 Å². The molecule has 7 heteroatoms. The maximum atomic E-state index is 10.2. The molecule has 5 nitrogen and oxygen atoms in total. The Kier molecular flexibility index (Phi) is 2.03. The maximum absolute atomic E-state index is 10.2. The van der Waals surface area contributed by atoms with E-state index in [2.05, 4.69) is 15.2 Å². The van der Waals surface area contributed by atoms with Gasteiger partial charge in [-0.15, -0.1) is 5.10 Å². The number of rotatable bonds is 0. The Morgan fingerprint density at radius 1 is 1.60 bits per heavy atom. The van der Waals surface area contributed by atoms with Gasteiger partial charge in [-0.25, -0.2) is 0 Å². The van der Waals surface area contributed by atoms with Crippen LogP contribution in [-0.2, 0) is 10.3 Å². The molecule has 54 valence electrons. The summed E-state index contributed by atoms with van der Waals surface area (Å²) in [7, 11) is -2.40. The van der Waals surface area contributed by atoms with E-state index in [-0.39, 0.29) is 9.92 Å². The lowest BCUT2D eigenvalue weighted by atomic mass is 10.9. The van der Waals surface area contributed by atoms with Gasteiger partial charge in [0.1, 0.15) is 5.15 Å². The number of H-pyrrole nitrogens is 1. The number of aromatic amines is 1. The second kappa shape index (κ2) is 2.80. The van der Waals surface area contributed by atoms with E-state index in [1.807, 2.05) is 0 Å². The number of halogens is 1. The molecule has 0 spiro atoms. The average Bonchev–Trinajstić information content (AvgIpc) is 1.88. The van der Waals surface area contributed by atoms with Crippen molar-refractivity contribution in [1.82, 2.24) is 15.2 Å². The highest BCUT2D eigenvalue weighted by atomic mass is 35.5. The quantitative estimate of drug-likeness (QED) is 0.563. The molecule has 0 aliphatic heterocycles. The van der Waals surface area contributed by atoms with Crippen molar-refractivity contribution >= 4 is 21.9 Å².